The maximum Gasteiger partial charge on any atom is 0.310 e. The Bertz CT molecular complexity index is 735. The van der Waals surface area contributed by atoms with Crippen molar-refractivity contribution < 1.29 is 19.6 Å². The van der Waals surface area contributed by atoms with Gasteiger partial charge in [0.2, 0.25) is 5.91 Å². The number of rotatable bonds is 7. The van der Waals surface area contributed by atoms with E-state index in [1.54, 1.807) is 43.4 Å². The molecule has 25 heavy (non-hydrogen) atoms. The van der Waals surface area contributed by atoms with E-state index in [0.717, 1.165) is 0 Å². The molecule has 1 amide bonds. The second kappa shape index (κ2) is 8.25. The number of amides is 1. The topological polar surface area (TPSA) is 92.9 Å². The Morgan fingerprint density at radius 2 is 1.80 bits per heavy atom. The third-order valence-corrected chi connectivity index (χ3v) is 3.79. The van der Waals surface area contributed by atoms with Gasteiger partial charge >= 0.3 is 5.69 Å². The molecular weight excluding hydrogens is 324 g/mol. The zero-order chi connectivity index (χ0) is 18.4. The van der Waals surface area contributed by atoms with E-state index in [0.29, 0.717) is 5.56 Å². The van der Waals surface area contributed by atoms with E-state index >= 15 is 0 Å². The van der Waals surface area contributed by atoms with Gasteiger partial charge in [-0.25, -0.2) is 0 Å². The fraction of sp³-hybridized carbons (Fsp3) is 0.278. The summed E-state index contributed by atoms with van der Waals surface area (Å²) in [5, 5.41) is 21.8. The quantitative estimate of drug-likeness (QED) is 0.615. The summed E-state index contributed by atoms with van der Waals surface area (Å²) >= 11 is 0. The molecule has 2 aromatic rings. The van der Waals surface area contributed by atoms with Gasteiger partial charge in [-0.1, -0.05) is 42.5 Å². The molecule has 7 heteroatoms. The molecule has 0 radical (unpaired) electrons. The van der Waals surface area contributed by atoms with Crippen LogP contribution in [0.25, 0.3) is 0 Å². The van der Waals surface area contributed by atoms with E-state index in [4.69, 9.17) is 4.74 Å². The van der Waals surface area contributed by atoms with Gasteiger partial charge in [0.1, 0.15) is 6.10 Å². The third kappa shape index (κ3) is 4.77. The van der Waals surface area contributed by atoms with Gasteiger partial charge in [0, 0.05) is 20.0 Å². The van der Waals surface area contributed by atoms with Gasteiger partial charge in [-0.05, 0) is 11.6 Å². The summed E-state index contributed by atoms with van der Waals surface area (Å²) in [4.78, 5) is 23.4. The Morgan fingerprint density at radius 1 is 1.20 bits per heavy atom. The zero-order valence-electron chi connectivity index (χ0n) is 14.0. The second-order valence-corrected chi connectivity index (χ2v) is 5.64. The first-order valence-electron chi connectivity index (χ1n) is 7.75. The third-order valence-electron chi connectivity index (χ3n) is 3.79. The van der Waals surface area contributed by atoms with Gasteiger partial charge in [0.15, 0.2) is 11.9 Å². The minimum Gasteiger partial charge on any atom is -0.476 e. The number of nitro benzene ring substituents is 1. The SMILES string of the molecule is CC(=O)N(C)CC(O)C(Oc1ccccc1[N+](=O)[O-])c1ccccc1. The summed E-state index contributed by atoms with van der Waals surface area (Å²) in [5.74, 6) is -0.137. The summed E-state index contributed by atoms with van der Waals surface area (Å²) in [6.07, 6.45) is -1.92. The van der Waals surface area contributed by atoms with E-state index in [9.17, 15) is 20.0 Å². The summed E-state index contributed by atoms with van der Waals surface area (Å²) < 4.78 is 5.81. The zero-order valence-corrected chi connectivity index (χ0v) is 14.0. The van der Waals surface area contributed by atoms with E-state index in [1.165, 1.54) is 24.0 Å². The second-order valence-electron chi connectivity index (χ2n) is 5.64. The molecule has 0 aliphatic heterocycles. The molecule has 2 rings (SSSR count). The van der Waals surface area contributed by atoms with E-state index in [2.05, 4.69) is 0 Å². The highest BCUT2D eigenvalue weighted by molar-refractivity contribution is 5.72. The van der Waals surface area contributed by atoms with Crippen LogP contribution in [0.15, 0.2) is 54.6 Å². The first-order chi connectivity index (χ1) is 11.9. The molecule has 0 fully saturated rings. The van der Waals surface area contributed by atoms with Crippen LogP contribution in [0.1, 0.15) is 18.6 Å². The molecule has 0 saturated heterocycles. The van der Waals surface area contributed by atoms with Crippen molar-refractivity contribution in [2.45, 2.75) is 19.1 Å². The number of para-hydroxylation sites is 2. The normalized spacial score (nSPS) is 12.9. The summed E-state index contributed by atoms with van der Waals surface area (Å²) in [5.41, 5.74) is 0.473. The lowest BCUT2D eigenvalue weighted by Crippen LogP contribution is -2.37. The molecule has 0 heterocycles. The predicted molar refractivity (Wildman–Crippen MR) is 92.2 cm³/mol. The number of carbonyl (C=O) groups excluding carboxylic acids is 1. The average Bonchev–Trinajstić information content (AvgIpc) is 2.60. The van der Waals surface area contributed by atoms with Crippen molar-refractivity contribution in [2.75, 3.05) is 13.6 Å². The summed E-state index contributed by atoms with van der Waals surface area (Å²) in [6, 6.07) is 14.9. The number of ether oxygens (including phenoxy) is 1. The molecule has 132 valence electrons. The molecule has 0 aliphatic rings. The van der Waals surface area contributed by atoms with E-state index in [-0.39, 0.29) is 23.9 Å². The predicted octanol–water partition coefficient (Wildman–Crippen LogP) is 2.55. The maximum atomic E-state index is 11.4. The van der Waals surface area contributed by atoms with Crippen molar-refractivity contribution in [3.63, 3.8) is 0 Å². The number of hydrogen-bond acceptors (Lipinski definition) is 5. The number of nitrogens with zero attached hydrogens (tertiary/aromatic N) is 2. The van der Waals surface area contributed by atoms with Crippen LogP contribution < -0.4 is 4.74 Å². The van der Waals surface area contributed by atoms with Crippen LogP contribution in [0.2, 0.25) is 0 Å². The standard InChI is InChI=1S/C18H20N2O5/c1-13(21)19(2)12-16(22)18(14-8-4-3-5-9-14)25-17-11-7-6-10-15(17)20(23)24/h3-11,16,18,22H,12H2,1-2H3. The average molecular weight is 344 g/mol. The van der Waals surface area contributed by atoms with Gasteiger partial charge in [-0.3, -0.25) is 14.9 Å². The van der Waals surface area contributed by atoms with Crippen LogP contribution in [0.3, 0.4) is 0 Å². The maximum absolute atomic E-state index is 11.4. The number of nitro groups is 1. The molecule has 0 aliphatic carbocycles. The molecular formula is C18H20N2O5. The van der Waals surface area contributed by atoms with Crippen molar-refractivity contribution >= 4 is 11.6 Å². The van der Waals surface area contributed by atoms with Crippen LogP contribution in [-0.4, -0.2) is 40.5 Å². The lowest BCUT2D eigenvalue weighted by molar-refractivity contribution is -0.386. The van der Waals surface area contributed by atoms with Crippen LogP contribution in [-0.2, 0) is 4.79 Å². The van der Waals surface area contributed by atoms with Crippen molar-refractivity contribution in [3.05, 3.63) is 70.3 Å². The highest BCUT2D eigenvalue weighted by Gasteiger charge is 2.27. The van der Waals surface area contributed by atoms with E-state index < -0.39 is 17.1 Å². The van der Waals surface area contributed by atoms with Crippen LogP contribution in [0.4, 0.5) is 5.69 Å². The van der Waals surface area contributed by atoms with Crippen molar-refractivity contribution in [1.29, 1.82) is 0 Å². The van der Waals surface area contributed by atoms with Gasteiger partial charge in [0.25, 0.3) is 0 Å². The van der Waals surface area contributed by atoms with Crippen molar-refractivity contribution in [3.8, 4) is 5.75 Å². The Balaban J connectivity index is 2.33. The molecule has 7 nitrogen and oxygen atoms in total. The minimum absolute atomic E-state index is 0.0372. The first-order valence-corrected chi connectivity index (χ1v) is 7.75. The number of carbonyl (C=O) groups is 1. The lowest BCUT2D eigenvalue weighted by atomic mass is 10.0. The Kier molecular flexibility index (Phi) is 6.08. The first kappa shape index (κ1) is 18.4. The fourth-order valence-electron chi connectivity index (χ4n) is 2.36. The largest absolute Gasteiger partial charge is 0.476 e. The highest BCUT2D eigenvalue weighted by atomic mass is 16.6. The number of benzene rings is 2. The van der Waals surface area contributed by atoms with Gasteiger partial charge in [-0.15, -0.1) is 0 Å². The Hall–Kier alpha value is -2.93. The number of hydrogen-bond donors (Lipinski definition) is 1. The van der Waals surface area contributed by atoms with Crippen LogP contribution in [0.5, 0.6) is 5.75 Å². The monoisotopic (exact) mass is 344 g/mol. The highest BCUT2D eigenvalue weighted by Crippen LogP contribution is 2.32. The van der Waals surface area contributed by atoms with Gasteiger partial charge in [0.05, 0.1) is 11.5 Å². The van der Waals surface area contributed by atoms with E-state index in [1.807, 2.05) is 6.07 Å². The molecule has 2 aromatic carbocycles. The van der Waals surface area contributed by atoms with Crippen LogP contribution in [0, 0.1) is 10.1 Å². The van der Waals surface area contributed by atoms with Crippen molar-refractivity contribution in [2.24, 2.45) is 0 Å². The molecule has 0 bridgehead atoms. The Morgan fingerprint density at radius 3 is 2.40 bits per heavy atom. The Labute approximate surface area is 145 Å². The van der Waals surface area contributed by atoms with Gasteiger partial charge in [-0.2, -0.15) is 0 Å². The fourth-order valence-corrected chi connectivity index (χ4v) is 2.36. The number of aliphatic hydroxyl groups excluding tert-OH is 1. The van der Waals surface area contributed by atoms with Gasteiger partial charge < -0.3 is 14.7 Å². The smallest absolute Gasteiger partial charge is 0.310 e. The molecule has 0 saturated carbocycles. The minimum atomic E-state index is -1.06. The van der Waals surface area contributed by atoms with Crippen molar-refractivity contribution in [1.82, 2.24) is 4.90 Å². The molecule has 0 aromatic heterocycles. The molecule has 2 atom stereocenters. The summed E-state index contributed by atoms with van der Waals surface area (Å²) in [6.45, 7) is 1.43. The molecule has 1 N–H and O–H groups in total. The van der Waals surface area contributed by atoms with Crippen LogP contribution >= 0.6 is 0 Å². The lowest BCUT2D eigenvalue weighted by Gasteiger charge is -2.27. The molecule has 0 spiro atoms. The summed E-state index contributed by atoms with van der Waals surface area (Å²) in [7, 11) is 1.57. The number of aliphatic hydroxyl groups is 1. The number of likely N-dealkylation sites (N-methyl/N-ethyl adjacent to an activating group) is 1. The molecule has 2 unspecified atom stereocenters.